The molecule has 130 valence electrons. The maximum atomic E-state index is 13.8. The van der Waals surface area contributed by atoms with Gasteiger partial charge in [0.25, 0.3) is 0 Å². The molecule has 0 aliphatic heterocycles. The molecule has 0 radical (unpaired) electrons. The molecule has 26 heavy (non-hydrogen) atoms. The highest BCUT2D eigenvalue weighted by molar-refractivity contribution is 5.79. The van der Waals surface area contributed by atoms with Crippen LogP contribution in [0.3, 0.4) is 0 Å². The van der Waals surface area contributed by atoms with Crippen molar-refractivity contribution in [2.45, 2.75) is 0 Å². The number of fused-ring (bicyclic) bond motifs is 1. The van der Waals surface area contributed by atoms with E-state index in [1.54, 1.807) is 19.5 Å². The molecule has 0 bridgehead atoms. The molecule has 0 fully saturated rings. The van der Waals surface area contributed by atoms with E-state index >= 15 is 0 Å². The minimum atomic E-state index is -0.417. The SMILES string of the molecule is COc1ccc(-c2ccc(-n3cnc4cc(F)c(OC)cc43)cc2)cc1. The zero-order chi connectivity index (χ0) is 18.1. The summed E-state index contributed by atoms with van der Waals surface area (Å²) in [6, 6.07) is 19.1. The van der Waals surface area contributed by atoms with Crippen molar-refractivity contribution in [3.05, 3.63) is 72.8 Å². The number of ether oxygens (including phenoxy) is 2. The molecule has 1 heterocycles. The number of halogens is 1. The van der Waals surface area contributed by atoms with E-state index in [1.807, 2.05) is 53.1 Å². The van der Waals surface area contributed by atoms with Crippen molar-refractivity contribution in [1.82, 2.24) is 9.55 Å². The van der Waals surface area contributed by atoms with Crippen LogP contribution < -0.4 is 9.47 Å². The van der Waals surface area contributed by atoms with Crippen molar-refractivity contribution < 1.29 is 13.9 Å². The summed E-state index contributed by atoms with van der Waals surface area (Å²) < 4.78 is 26.0. The van der Waals surface area contributed by atoms with Crippen molar-refractivity contribution in [3.63, 3.8) is 0 Å². The highest BCUT2D eigenvalue weighted by Crippen LogP contribution is 2.28. The fourth-order valence-electron chi connectivity index (χ4n) is 2.97. The normalized spacial score (nSPS) is 10.9. The van der Waals surface area contributed by atoms with Crippen molar-refractivity contribution >= 4 is 11.0 Å². The van der Waals surface area contributed by atoms with Crippen LogP contribution in [0.15, 0.2) is 67.0 Å². The monoisotopic (exact) mass is 348 g/mol. The zero-order valence-corrected chi connectivity index (χ0v) is 14.4. The highest BCUT2D eigenvalue weighted by atomic mass is 19.1. The topological polar surface area (TPSA) is 36.3 Å². The van der Waals surface area contributed by atoms with Gasteiger partial charge >= 0.3 is 0 Å². The number of hydrogen-bond donors (Lipinski definition) is 0. The average Bonchev–Trinajstić information content (AvgIpc) is 3.10. The summed E-state index contributed by atoms with van der Waals surface area (Å²) in [7, 11) is 3.11. The average molecular weight is 348 g/mol. The van der Waals surface area contributed by atoms with Crippen molar-refractivity contribution in [3.8, 4) is 28.3 Å². The molecule has 0 amide bonds. The molecule has 0 N–H and O–H groups in total. The van der Waals surface area contributed by atoms with Gasteiger partial charge in [0, 0.05) is 17.8 Å². The van der Waals surface area contributed by atoms with E-state index in [2.05, 4.69) is 4.98 Å². The lowest BCUT2D eigenvalue weighted by molar-refractivity contribution is 0.387. The van der Waals surface area contributed by atoms with E-state index in [9.17, 15) is 4.39 Å². The van der Waals surface area contributed by atoms with Crippen LogP contribution in [0, 0.1) is 5.82 Å². The first-order chi connectivity index (χ1) is 12.7. The maximum absolute atomic E-state index is 13.8. The number of nitrogens with zero attached hydrogens (tertiary/aromatic N) is 2. The third-order valence-electron chi connectivity index (χ3n) is 4.39. The molecule has 4 aromatic rings. The van der Waals surface area contributed by atoms with Gasteiger partial charge in [-0.05, 0) is 35.4 Å². The smallest absolute Gasteiger partial charge is 0.167 e. The minimum Gasteiger partial charge on any atom is -0.497 e. The second-order valence-corrected chi connectivity index (χ2v) is 5.87. The quantitative estimate of drug-likeness (QED) is 0.529. The Kier molecular flexibility index (Phi) is 4.05. The second-order valence-electron chi connectivity index (χ2n) is 5.87. The molecular formula is C21H17FN2O2. The Morgan fingerprint density at radius 3 is 2.12 bits per heavy atom. The first kappa shape index (κ1) is 16.1. The van der Waals surface area contributed by atoms with E-state index in [-0.39, 0.29) is 5.75 Å². The van der Waals surface area contributed by atoms with E-state index < -0.39 is 5.82 Å². The lowest BCUT2D eigenvalue weighted by atomic mass is 10.1. The van der Waals surface area contributed by atoms with E-state index in [0.29, 0.717) is 5.52 Å². The van der Waals surface area contributed by atoms with Gasteiger partial charge in [-0.15, -0.1) is 0 Å². The van der Waals surface area contributed by atoms with E-state index in [0.717, 1.165) is 28.1 Å². The first-order valence-electron chi connectivity index (χ1n) is 8.15. The van der Waals surface area contributed by atoms with E-state index in [1.165, 1.54) is 13.2 Å². The van der Waals surface area contributed by atoms with Gasteiger partial charge in [-0.25, -0.2) is 9.37 Å². The third-order valence-corrected chi connectivity index (χ3v) is 4.39. The summed E-state index contributed by atoms with van der Waals surface area (Å²) >= 11 is 0. The Labute approximate surface area is 150 Å². The molecule has 0 aliphatic rings. The number of imidazole rings is 1. The molecule has 0 aliphatic carbocycles. The van der Waals surface area contributed by atoms with Gasteiger partial charge < -0.3 is 9.47 Å². The van der Waals surface area contributed by atoms with E-state index in [4.69, 9.17) is 9.47 Å². The Balaban J connectivity index is 1.71. The van der Waals surface area contributed by atoms with Crippen molar-refractivity contribution in [1.29, 1.82) is 0 Å². The van der Waals surface area contributed by atoms with Crippen LogP contribution >= 0.6 is 0 Å². The number of hydrogen-bond acceptors (Lipinski definition) is 3. The second kappa shape index (κ2) is 6.52. The molecule has 0 saturated heterocycles. The van der Waals surface area contributed by atoms with Crippen LogP contribution in [0.1, 0.15) is 0 Å². The molecule has 0 spiro atoms. The molecular weight excluding hydrogens is 331 g/mol. The fourth-order valence-corrected chi connectivity index (χ4v) is 2.97. The highest BCUT2D eigenvalue weighted by Gasteiger charge is 2.11. The van der Waals surface area contributed by atoms with Crippen LogP contribution in [0.2, 0.25) is 0 Å². The van der Waals surface area contributed by atoms with Gasteiger partial charge in [-0.3, -0.25) is 4.57 Å². The number of aromatic nitrogens is 2. The standard InChI is InChI=1S/C21H17FN2O2/c1-25-17-9-5-15(6-10-17)14-3-7-16(8-4-14)24-13-23-19-11-18(22)21(26-2)12-20(19)24/h3-13H,1-2H3. The summed E-state index contributed by atoms with van der Waals surface area (Å²) in [5, 5.41) is 0. The van der Waals surface area contributed by atoms with Crippen LogP contribution in [0.4, 0.5) is 4.39 Å². The Morgan fingerprint density at radius 1 is 0.846 bits per heavy atom. The molecule has 4 nitrogen and oxygen atoms in total. The maximum Gasteiger partial charge on any atom is 0.167 e. The predicted molar refractivity (Wildman–Crippen MR) is 99.6 cm³/mol. The Hall–Kier alpha value is -3.34. The summed E-state index contributed by atoms with van der Waals surface area (Å²) in [6.45, 7) is 0. The zero-order valence-electron chi connectivity index (χ0n) is 14.4. The lowest BCUT2D eigenvalue weighted by Gasteiger charge is -2.08. The van der Waals surface area contributed by atoms with Gasteiger partial charge in [0.15, 0.2) is 11.6 Å². The molecule has 4 rings (SSSR count). The molecule has 1 aromatic heterocycles. The van der Waals surface area contributed by atoms with Gasteiger partial charge in [0.05, 0.1) is 25.3 Å². The van der Waals surface area contributed by atoms with Crippen molar-refractivity contribution in [2.24, 2.45) is 0 Å². The minimum absolute atomic E-state index is 0.203. The van der Waals surface area contributed by atoms with Gasteiger partial charge in [0.2, 0.25) is 0 Å². The van der Waals surface area contributed by atoms with Gasteiger partial charge in [-0.1, -0.05) is 24.3 Å². The van der Waals surface area contributed by atoms with Crippen LogP contribution in [0.5, 0.6) is 11.5 Å². The van der Waals surface area contributed by atoms with Crippen LogP contribution in [0.25, 0.3) is 27.8 Å². The van der Waals surface area contributed by atoms with Gasteiger partial charge in [-0.2, -0.15) is 0 Å². The van der Waals surface area contributed by atoms with Gasteiger partial charge in [0.1, 0.15) is 12.1 Å². The molecule has 0 unspecified atom stereocenters. The first-order valence-corrected chi connectivity index (χ1v) is 8.15. The number of rotatable bonds is 4. The Morgan fingerprint density at radius 2 is 1.50 bits per heavy atom. The van der Waals surface area contributed by atoms with Crippen LogP contribution in [-0.2, 0) is 0 Å². The summed E-state index contributed by atoms with van der Waals surface area (Å²) in [5.74, 6) is 0.616. The summed E-state index contributed by atoms with van der Waals surface area (Å²) in [4.78, 5) is 4.28. The third kappa shape index (κ3) is 2.77. The number of methoxy groups -OCH3 is 2. The molecule has 0 atom stereocenters. The summed E-state index contributed by atoms with van der Waals surface area (Å²) in [6.07, 6.45) is 1.69. The molecule has 3 aromatic carbocycles. The largest absolute Gasteiger partial charge is 0.497 e. The number of benzene rings is 3. The predicted octanol–water partition coefficient (Wildman–Crippen LogP) is 4.85. The summed E-state index contributed by atoms with van der Waals surface area (Å²) in [5.41, 5.74) is 4.53. The van der Waals surface area contributed by atoms with Crippen LogP contribution in [-0.4, -0.2) is 23.8 Å². The van der Waals surface area contributed by atoms with Crippen molar-refractivity contribution in [2.75, 3.05) is 14.2 Å². The fraction of sp³-hybridized carbons (Fsp3) is 0.0952. The molecule has 5 heteroatoms. The lowest BCUT2D eigenvalue weighted by Crippen LogP contribution is -1.94. The Bertz CT molecular complexity index is 1050. The molecule has 0 saturated carbocycles.